The smallest absolute Gasteiger partial charge is 0.120 e. The molecule has 108 valence electrons. The maximum Gasteiger partial charge on any atom is 0.120 e. The summed E-state index contributed by atoms with van der Waals surface area (Å²) >= 11 is 11.3. The third-order valence-corrected chi connectivity index (χ3v) is 3.29. The second-order valence-electron chi connectivity index (χ2n) is 4.32. The van der Waals surface area contributed by atoms with Crippen molar-refractivity contribution in [3.05, 3.63) is 45.4 Å². The van der Waals surface area contributed by atoms with E-state index in [1.165, 1.54) is 12.1 Å². The van der Waals surface area contributed by atoms with E-state index in [1.54, 1.807) is 26.0 Å². The van der Waals surface area contributed by atoms with Crippen LogP contribution >= 0.6 is 23.2 Å². The Morgan fingerprint density at radius 2 is 1.05 bits per heavy atom. The molecule has 0 saturated carbocycles. The van der Waals surface area contributed by atoms with Crippen molar-refractivity contribution in [2.24, 2.45) is 0 Å². The molecule has 0 atom stereocenters. The van der Waals surface area contributed by atoms with Gasteiger partial charge in [-0.3, -0.25) is 0 Å². The molecule has 0 amide bonds. The number of aromatic hydroxyl groups is 2. The molecule has 0 spiro atoms. The van der Waals surface area contributed by atoms with Crippen LogP contribution in [0.4, 0.5) is 11.4 Å². The van der Waals surface area contributed by atoms with Gasteiger partial charge in [-0.05, 0) is 37.1 Å². The van der Waals surface area contributed by atoms with Gasteiger partial charge in [0.2, 0.25) is 0 Å². The minimum Gasteiger partial charge on any atom is -0.508 e. The third kappa shape index (κ3) is 4.11. The number of hydrogen-bond acceptors (Lipinski definition) is 4. The maximum absolute atomic E-state index is 9.09. The van der Waals surface area contributed by atoms with Crippen molar-refractivity contribution in [3.63, 3.8) is 0 Å². The van der Waals surface area contributed by atoms with Crippen molar-refractivity contribution >= 4 is 34.6 Å². The van der Waals surface area contributed by atoms with Gasteiger partial charge in [0.05, 0.1) is 21.4 Å². The average Bonchev–Trinajstić information content (AvgIpc) is 2.35. The van der Waals surface area contributed by atoms with E-state index in [2.05, 4.69) is 0 Å². The number of halogens is 2. The Kier molecular flexibility index (Phi) is 5.36. The van der Waals surface area contributed by atoms with Crippen LogP contribution in [0.25, 0.3) is 0 Å². The van der Waals surface area contributed by atoms with E-state index in [0.717, 1.165) is 11.1 Å². The van der Waals surface area contributed by atoms with Gasteiger partial charge >= 0.3 is 0 Å². The van der Waals surface area contributed by atoms with Gasteiger partial charge in [0.1, 0.15) is 11.5 Å². The molecule has 2 rings (SSSR count). The molecule has 0 unspecified atom stereocenters. The maximum atomic E-state index is 9.09. The lowest BCUT2D eigenvalue weighted by Gasteiger charge is -2.01. The number of nitrogens with two attached hydrogens (primary N) is 2. The van der Waals surface area contributed by atoms with E-state index in [0.29, 0.717) is 21.4 Å². The van der Waals surface area contributed by atoms with Crippen molar-refractivity contribution < 1.29 is 10.2 Å². The normalized spacial score (nSPS) is 9.80. The summed E-state index contributed by atoms with van der Waals surface area (Å²) in [6.07, 6.45) is 0. The number of phenolic OH excluding ortho intramolecular Hbond substituents is 2. The molecule has 0 aliphatic rings. The molecule has 0 saturated heterocycles. The lowest BCUT2D eigenvalue weighted by atomic mass is 10.2. The minimum absolute atomic E-state index is 0.182. The van der Waals surface area contributed by atoms with Gasteiger partial charge in [-0.25, -0.2) is 0 Å². The van der Waals surface area contributed by atoms with Crippen molar-refractivity contribution in [2.45, 2.75) is 13.8 Å². The summed E-state index contributed by atoms with van der Waals surface area (Å²) in [7, 11) is 0. The highest BCUT2D eigenvalue weighted by molar-refractivity contribution is 6.33. The lowest BCUT2D eigenvalue weighted by molar-refractivity contribution is 0.471. The number of rotatable bonds is 0. The highest BCUT2D eigenvalue weighted by Crippen LogP contribution is 2.27. The van der Waals surface area contributed by atoms with Gasteiger partial charge < -0.3 is 21.7 Å². The summed E-state index contributed by atoms with van der Waals surface area (Å²) in [6.45, 7) is 3.53. The summed E-state index contributed by atoms with van der Waals surface area (Å²) in [5.74, 6) is 0.365. The molecule has 6 heteroatoms. The highest BCUT2D eigenvalue weighted by atomic mass is 35.5. The predicted molar refractivity (Wildman–Crippen MR) is 84.5 cm³/mol. The van der Waals surface area contributed by atoms with Crippen molar-refractivity contribution in [1.82, 2.24) is 0 Å². The largest absolute Gasteiger partial charge is 0.508 e. The third-order valence-electron chi connectivity index (χ3n) is 2.63. The molecule has 0 heterocycles. The Hall–Kier alpha value is -1.78. The van der Waals surface area contributed by atoms with Gasteiger partial charge in [-0.2, -0.15) is 0 Å². The van der Waals surface area contributed by atoms with E-state index in [-0.39, 0.29) is 11.5 Å². The number of aryl methyl sites for hydroxylation is 2. The van der Waals surface area contributed by atoms with Crippen LogP contribution in [0.5, 0.6) is 11.5 Å². The van der Waals surface area contributed by atoms with Crippen LogP contribution in [0.1, 0.15) is 11.1 Å². The zero-order valence-electron chi connectivity index (χ0n) is 11.1. The summed E-state index contributed by atoms with van der Waals surface area (Å²) in [5.41, 5.74) is 13.1. The molecule has 2 aromatic carbocycles. The molecular formula is C14H16Cl2N2O2. The number of phenols is 2. The van der Waals surface area contributed by atoms with Crippen LogP contribution in [0, 0.1) is 13.8 Å². The van der Waals surface area contributed by atoms with Crippen LogP contribution < -0.4 is 11.5 Å². The summed E-state index contributed by atoms with van der Waals surface area (Å²) in [4.78, 5) is 0. The van der Waals surface area contributed by atoms with E-state index >= 15 is 0 Å². The lowest BCUT2D eigenvalue weighted by Crippen LogP contribution is -1.86. The summed E-state index contributed by atoms with van der Waals surface area (Å²) in [6, 6.07) is 6.15. The number of hydrogen-bond donors (Lipinski definition) is 4. The fourth-order valence-electron chi connectivity index (χ4n) is 1.35. The van der Waals surface area contributed by atoms with Crippen LogP contribution in [0.15, 0.2) is 24.3 Å². The summed E-state index contributed by atoms with van der Waals surface area (Å²) in [5, 5.41) is 19.1. The Balaban J connectivity index is 0.000000200. The fourth-order valence-corrected chi connectivity index (χ4v) is 1.79. The van der Waals surface area contributed by atoms with Crippen molar-refractivity contribution in [2.75, 3.05) is 11.5 Å². The van der Waals surface area contributed by atoms with Gasteiger partial charge in [0.15, 0.2) is 0 Å². The van der Waals surface area contributed by atoms with E-state index in [9.17, 15) is 0 Å². The van der Waals surface area contributed by atoms with Crippen molar-refractivity contribution in [3.8, 4) is 11.5 Å². The molecule has 4 nitrogen and oxygen atoms in total. The minimum atomic E-state index is 0.182. The average molecular weight is 315 g/mol. The Bertz CT molecular complexity index is 475. The first-order valence-electron chi connectivity index (χ1n) is 5.71. The first-order chi connectivity index (χ1) is 9.22. The Morgan fingerprint density at radius 3 is 1.30 bits per heavy atom. The second kappa shape index (κ2) is 6.59. The van der Waals surface area contributed by atoms with E-state index in [4.69, 9.17) is 44.9 Å². The standard InChI is InChI=1S/2C7H8ClNO/c2*1-4-2-5(8)6(9)3-7(4)10/h2*2-3,10H,9H2,1H3. The zero-order valence-corrected chi connectivity index (χ0v) is 12.6. The van der Waals surface area contributed by atoms with Crippen molar-refractivity contribution in [1.29, 1.82) is 0 Å². The molecular weight excluding hydrogens is 299 g/mol. The molecule has 20 heavy (non-hydrogen) atoms. The predicted octanol–water partition coefficient (Wildman–Crippen LogP) is 3.87. The monoisotopic (exact) mass is 314 g/mol. The molecule has 6 N–H and O–H groups in total. The van der Waals surface area contributed by atoms with Gasteiger partial charge in [-0.1, -0.05) is 23.2 Å². The van der Waals surface area contributed by atoms with E-state index < -0.39 is 0 Å². The van der Waals surface area contributed by atoms with Gasteiger partial charge in [-0.15, -0.1) is 0 Å². The highest BCUT2D eigenvalue weighted by Gasteiger charge is 2.00. The topological polar surface area (TPSA) is 92.5 Å². The van der Waals surface area contributed by atoms with Crippen LogP contribution in [0.2, 0.25) is 10.0 Å². The molecule has 0 radical (unpaired) electrons. The first-order valence-corrected chi connectivity index (χ1v) is 6.47. The van der Waals surface area contributed by atoms with Gasteiger partial charge in [0, 0.05) is 12.1 Å². The first kappa shape index (κ1) is 16.3. The summed E-state index contributed by atoms with van der Waals surface area (Å²) < 4.78 is 0. The molecule has 0 bridgehead atoms. The van der Waals surface area contributed by atoms with Crippen LogP contribution in [-0.4, -0.2) is 10.2 Å². The van der Waals surface area contributed by atoms with Gasteiger partial charge in [0.25, 0.3) is 0 Å². The second-order valence-corrected chi connectivity index (χ2v) is 5.13. The Morgan fingerprint density at radius 1 is 0.750 bits per heavy atom. The number of benzene rings is 2. The Labute approximate surface area is 127 Å². The molecule has 0 aliphatic carbocycles. The number of nitrogen functional groups attached to an aromatic ring is 2. The molecule has 0 aromatic heterocycles. The fraction of sp³-hybridized carbons (Fsp3) is 0.143. The molecule has 0 fully saturated rings. The number of anilines is 2. The zero-order chi connectivity index (χ0) is 15.4. The van der Waals surface area contributed by atoms with Crippen LogP contribution in [-0.2, 0) is 0 Å². The molecule has 0 aliphatic heterocycles. The SMILES string of the molecule is Cc1cc(Cl)c(N)cc1O.Cc1cc(Cl)c(N)cc1O. The molecule has 2 aromatic rings. The van der Waals surface area contributed by atoms with Crippen LogP contribution in [0.3, 0.4) is 0 Å². The quantitative estimate of drug-likeness (QED) is 0.555. The van der Waals surface area contributed by atoms with E-state index in [1.807, 2.05) is 0 Å².